The third kappa shape index (κ3) is 3.58. The Morgan fingerprint density at radius 2 is 1.69 bits per heavy atom. The summed E-state index contributed by atoms with van der Waals surface area (Å²) in [6, 6.07) is 17.7. The van der Waals surface area contributed by atoms with Gasteiger partial charge in [0.25, 0.3) is 0 Å². The number of fused-ring (bicyclic) bond motifs is 2. The van der Waals surface area contributed by atoms with E-state index in [0.717, 1.165) is 16.5 Å². The number of hydrogen-bond acceptors (Lipinski definition) is 6. The van der Waals surface area contributed by atoms with Gasteiger partial charge in [-0.3, -0.25) is 10.1 Å². The van der Waals surface area contributed by atoms with Crippen molar-refractivity contribution in [1.82, 2.24) is 19.5 Å². The Bertz CT molecular complexity index is 1530. The second-order valence-electron chi connectivity index (χ2n) is 7.05. The SMILES string of the molecule is Nc1ncnc2c1c(=O)ccn2-c1ccc(NC(=O)Nc2cc3ccccc3cn2)cc1. The summed E-state index contributed by atoms with van der Waals surface area (Å²) < 4.78 is 1.73. The van der Waals surface area contributed by atoms with Crippen LogP contribution in [0, 0.1) is 0 Å². The van der Waals surface area contributed by atoms with Crippen LogP contribution in [0.2, 0.25) is 0 Å². The van der Waals surface area contributed by atoms with Gasteiger partial charge in [-0.1, -0.05) is 24.3 Å². The number of anilines is 3. The lowest BCUT2D eigenvalue weighted by Crippen LogP contribution is -2.20. The molecular weight excluding hydrogens is 406 g/mol. The average molecular weight is 423 g/mol. The normalized spacial score (nSPS) is 10.9. The minimum atomic E-state index is -0.408. The molecule has 0 atom stereocenters. The minimum Gasteiger partial charge on any atom is -0.383 e. The van der Waals surface area contributed by atoms with E-state index in [4.69, 9.17) is 5.73 Å². The quantitative estimate of drug-likeness (QED) is 0.407. The van der Waals surface area contributed by atoms with Crippen molar-refractivity contribution in [3.8, 4) is 5.69 Å². The standard InChI is InChI=1S/C23H17N7O2/c24-21-20-18(31)9-10-30(22(20)27-13-26-21)17-7-5-16(6-8-17)28-23(32)29-19-11-14-3-1-2-4-15(14)12-25-19/h1-13H,(H2,24,26,27)(H2,25,28,29,32). The van der Waals surface area contributed by atoms with E-state index in [1.54, 1.807) is 41.2 Å². The summed E-state index contributed by atoms with van der Waals surface area (Å²) in [4.78, 5) is 36.9. The first-order chi connectivity index (χ1) is 15.6. The number of urea groups is 1. The first-order valence-electron chi connectivity index (χ1n) is 9.73. The molecule has 156 valence electrons. The summed E-state index contributed by atoms with van der Waals surface area (Å²) in [5.41, 5.74) is 7.35. The topological polar surface area (TPSA) is 128 Å². The molecule has 0 aliphatic carbocycles. The van der Waals surface area contributed by atoms with Crippen molar-refractivity contribution in [2.45, 2.75) is 0 Å². The number of aromatic nitrogens is 4. The highest BCUT2D eigenvalue weighted by atomic mass is 16.2. The van der Waals surface area contributed by atoms with Crippen molar-refractivity contribution in [3.63, 3.8) is 0 Å². The highest BCUT2D eigenvalue weighted by molar-refractivity contribution is 6.00. The molecule has 32 heavy (non-hydrogen) atoms. The predicted octanol–water partition coefficient (Wildman–Crippen LogP) is 3.56. The van der Waals surface area contributed by atoms with Crippen molar-refractivity contribution in [2.75, 3.05) is 16.4 Å². The molecule has 4 N–H and O–H groups in total. The predicted molar refractivity (Wildman–Crippen MR) is 124 cm³/mol. The van der Waals surface area contributed by atoms with Crippen LogP contribution in [-0.4, -0.2) is 25.6 Å². The summed E-state index contributed by atoms with van der Waals surface area (Å²) in [5.74, 6) is 0.585. The molecule has 2 aromatic carbocycles. The van der Waals surface area contributed by atoms with E-state index in [2.05, 4.69) is 25.6 Å². The summed E-state index contributed by atoms with van der Waals surface area (Å²) in [5, 5.41) is 7.76. The van der Waals surface area contributed by atoms with Crippen LogP contribution < -0.4 is 21.8 Å². The number of nitrogens with two attached hydrogens (primary N) is 1. The Kier molecular flexibility index (Phi) is 4.68. The lowest BCUT2D eigenvalue weighted by atomic mass is 10.2. The maximum absolute atomic E-state index is 12.4. The van der Waals surface area contributed by atoms with Crippen LogP contribution in [0.25, 0.3) is 27.5 Å². The number of benzene rings is 2. The van der Waals surface area contributed by atoms with E-state index in [1.165, 1.54) is 12.4 Å². The van der Waals surface area contributed by atoms with Crippen LogP contribution in [-0.2, 0) is 0 Å². The summed E-state index contributed by atoms with van der Waals surface area (Å²) >= 11 is 0. The number of carbonyl (C=O) groups excluding carboxylic acids is 1. The molecule has 0 bridgehead atoms. The van der Waals surface area contributed by atoms with Crippen molar-refractivity contribution >= 4 is 45.2 Å². The second kappa shape index (κ2) is 7.80. The number of amides is 2. The third-order valence-electron chi connectivity index (χ3n) is 4.98. The molecule has 9 nitrogen and oxygen atoms in total. The highest BCUT2D eigenvalue weighted by Crippen LogP contribution is 2.20. The van der Waals surface area contributed by atoms with Gasteiger partial charge in [0.1, 0.15) is 23.3 Å². The average Bonchev–Trinajstić information content (AvgIpc) is 2.80. The fraction of sp³-hybridized carbons (Fsp3) is 0. The fourth-order valence-electron chi connectivity index (χ4n) is 3.45. The van der Waals surface area contributed by atoms with Gasteiger partial charge in [0.15, 0.2) is 11.1 Å². The van der Waals surface area contributed by atoms with Crippen LogP contribution in [0.5, 0.6) is 0 Å². The first kappa shape index (κ1) is 19.2. The summed E-state index contributed by atoms with van der Waals surface area (Å²) in [6.45, 7) is 0. The van der Waals surface area contributed by atoms with Gasteiger partial charge in [-0.25, -0.2) is 19.7 Å². The van der Waals surface area contributed by atoms with E-state index in [9.17, 15) is 9.59 Å². The van der Waals surface area contributed by atoms with Crippen molar-refractivity contribution in [2.24, 2.45) is 0 Å². The van der Waals surface area contributed by atoms with Gasteiger partial charge in [-0.2, -0.15) is 0 Å². The van der Waals surface area contributed by atoms with Crippen LogP contribution in [0.3, 0.4) is 0 Å². The molecule has 0 aliphatic rings. The van der Waals surface area contributed by atoms with E-state index >= 15 is 0 Å². The Morgan fingerprint density at radius 1 is 0.906 bits per heavy atom. The monoisotopic (exact) mass is 423 g/mol. The number of rotatable bonds is 3. The van der Waals surface area contributed by atoms with Gasteiger partial charge in [0.2, 0.25) is 0 Å². The smallest absolute Gasteiger partial charge is 0.324 e. The maximum Gasteiger partial charge on any atom is 0.324 e. The van der Waals surface area contributed by atoms with Gasteiger partial charge in [-0.15, -0.1) is 0 Å². The minimum absolute atomic E-state index is 0.131. The van der Waals surface area contributed by atoms with Gasteiger partial charge >= 0.3 is 6.03 Å². The van der Waals surface area contributed by atoms with Gasteiger partial charge in [-0.05, 0) is 35.7 Å². The lowest BCUT2D eigenvalue weighted by Gasteiger charge is -2.12. The molecule has 0 spiro atoms. The molecule has 0 saturated heterocycles. The zero-order chi connectivity index (χ0) is 22.1. The van der Waals surface area contributed by atoms with E-state index in [0.29, 0.717) is 17.2 Å². The summed E-state index contributed by atoms with van der Waals surface area (Å²) in [6.07, 6.45) is 4.65. The number of nitrogens with one attached hydrogen (secondary N) is 2. The Hall–Kier alpha value is -4.79. The molecule has 3 heterocycles. The molecule has 0 aliphatic heterocycles. The van der Waals surface area contributed by atoms with E-state index in [-0.39, 0.29) is 16.6 Å². The third-order valence-corrected chi connectivity index (χ3v) is 4.98. The fourth-order valence-corrected chi connectivity index (χ4v) is 3.45. The Labute approximate surface area is 181 Å². The van der Waals surface area contributed by atoms with Gasteiger partial charge < -0.3 is 15.6 Å². The van der Waals surface area contributed by atoms with E-state index < -0.39 is 6.03 Å². The van der Waals surface area contributed by atoms with Gasteiger partial charge in [0, 0.05) is 35.2 Å². The number of hydrogen-bond donors (Lipinski definition) is 3. The molecule has 0 saturated carbocycles. The van der Waals surface area contributed by atoms with Crippen molar-refractivity contribution in [1.29, 1.82) is 0 Å². The lowest BCUT2D eigenvalue weighted by molar-refractivity contribution is 0.262. The molecule has 2 amide bonds. The number of pyridine rings is 2. The number of nitrogen functional groups attached to an aromatic ring is 1. The molecule has 9 heteroatoms. The zero-order valence-corrected chi connectivity index (χ0v) is 16.7. The molecule has 0 fully saturated rings. The molecule has 5 aromatic rings. The van der Waals surface area contributed by atoms with Gasteiger partial charge in [0.05, 0.1) is 0 Å². The second-order valence-corrected chi connectivity index (χ2v) is 7.05. The Morgan fingerprint density at radius 3 is 2.50 bits per heavy atom. The first-order valence-corrected chi connectivity index (χ1v) is 9.73. The number of nitrogens with zero attached hydrogens (tertiary/aromatic N) is 4. The number of carbonyl (C=O) groups is 1. The highest BCUT2D eigenvalue weighted by Gasteiger charge is 2.10. The van der Waals surface area contributed by atoms with Crippen LogP contribution >= 0.6 is 0 Å². The van der Waals surface area contributed by atoms with E-state index in [1.807, 2.05) is 30.3 Å². The zero-order valence-electron chi connectivity index (χ0n) is 16.7. The van der Waals surface area contributed by atoms with Crippen molar-refractivity contribution in [3.05, 3.63) is 89.6 Å². The largest absolute Gasteiger partial charge is 0.383 e. The van der Waals surface area contributed by atoms with Crippen LogP contribution in [0.4, 0.5) is 22.1 Å². The van der Waals surface area contributed by atoms with Crippen LogP contribution in [0.1, 0.15) is 0 Å². The molecule has 0 radical (unpaired) electrons. The molecule has 3 aromatic heterocycles. The Balaban J connectivity index is 1.35. The maximum atomic E-state index is 12.4. The molecular formula is C23H17N7O2. The molecule has 0 unspecified atom stereocenters. The molecule has 5 rings (SSSR count). The van der Waals surface area contributed by atoms with Crippen LogP contribution in [0.15, 0.2) is 84.2 Å². The summed E-state index contributed by atoms with van der Waals surface area (Å²) in [7, 11) is 0. The van der Waals surface area contributed by atoms with Crippen molar-refractivity contribution < 1.29 is 4.79 Å².